The third-order valence-corrected chi connectivity index (χ3v) is 2.57. The fourth-order valence-corrected chi connectivity index (χ4v) is 1.64. The van der Waals surface area contributed by atoms with Crippen molar-refractivity contribution in [3.8, 4) is 5.75 Å². The van der Waals surface area contributed by atoms with Gasteiger partial charge in [0.2, 0.25) is 0 Å². The number of hydrogen-bond donors (Lipinski definition) is 2. The average molecular weight is 321 g/mol. The second kappa shape index (κ2) is 5.25. The van der Waals surface area contributed by atoms with Crippen LogP contribution in [-0.4, -0.2) is 5.11 Å². The topological polar surface area (TPSA) is 46.2 Å². The maximum Gasteiger partial charge on any atom is 0.416 e. The van der Waals surface area contributed by atoms with Crippen molar-refractivity contribution in [1.82, 2.24) is 0 Å². The summed E-state index contributed by atoms with van der Waals surface area (Å²) in [6.07, 6.45) is -4.51. The van der Waals surface area contributed by atoms with Crippen molar-refractivity contribution < 1.29 is 18.3 Å². The summed E-state index contributed by atoms with van der Waals surface area (Å²) in [6.45, 7) is 1.39. The molecule has 2 nitrogen and oxygen atoms in total. The van der Waals surface area contributed by atoms with Crippen LogP contribution in [0.15, 0.2) is 16.6 Å². The first kappa shape index (κ1) is 15.5. The Morgan fingerprint density at radius 3 is 2.25 bits per heavy atom. The number of phenolic OH excluding ortho intramolecular Hbond substituents is 1. The van der Waals surface area contributed by atoms with Crippen LogP contribution < -0.4 is 5.73 Å². The number of hydrogen-bond acceptors (Lipinski definition) is 2. The number of phenols is 1. The molecule has 0 aliphatic rings. The Kier molecular flexibility index (Phi) is 5.10. The zero-order chi connectivity index (χ0) is 11.8. The van der Waals surface area contributed by atoms with Crippen LogP contribution in [0.3, 0.4) is 0 Å². The van der Waals surface area contributed by atoms with Crippen molar-refractivity contribution in [2.24, 2.45) is 5.73 Å². The molecule has 1 aromatic carbocycles. The van der Waals surface area contributed by atoms with Crippen LogP contribution in [0.1, 0.15) is 24.1 Å². The third-order valence-electron chi connectivity index (χ3n) is 1.93. The zero-order valence-corrected chi connectivity index (χ0v) is 10.6. The van der Waals surface area contributed by atoms with E-state index in [0.29, 0.717) is 0 Å². The normalized spacial score (nSPS) is 13.1. The molecular weight excluding hydrogens is 310 g/mol. The van der Waals surface area contributed by atoms with Gasteiger partial charge in [-0.1, -0.05) is 0 Å². The highest BCUT2D eigenvalue weighted by atomic mass is 79.9. The smallest absolute Gasteiger partial charge is 0.416 e. The Bertz CT molecular complexity index is 382. The second-order valence-corrected chi connectivity index (χ2v) is 4.00. The maximum atomic E-state index is 12.5. The second-order valence-electron chi connectivity index (χ2n) is 3.14. The van der Waals surface area contributed by atoms with E-state index in [4.69, 9.17) is 5.73 Å². The molecule has 16 heavy (non-hydrogen) atoms. The molecule has 0 spiro atoms. The van der Waals surface area contributed by atoms with Crippen molar-refractivity contribution >= 4 is 28.3 Å². The summed E-state index contributed by atoms with van der Waals surface area (Å²) in [4.78, 5) is 0. The summed E-state index contributed by atoms with van der Waals surface area (Å²) >= 11 is 2.94. The van der Waals surface area contributed by atoms with Gasteiger partial charge in [0.15, 0.2) is 0 Å². The van der Waals surface area contributed by atoms with E-state index in [9.17, 15) is 18.3 Å². The SMILES string of the molecule is C[C@@H](N)c1c(C(F)(F)F)ccc(Br)c1O.Cl. The van der Waals surface area contributed by atoms with Gasteiger partial charge in [0.25, 0.3) is 0 Å². The minimum Gasteiger partial charge on any atom is -0.506 e. The molecule has 0 saturated carbocycles. The Morgan fingerprint density at radius 1 is 1.38 bits per heavy atom. The number of alkyl halides is 3. The Morgan fingerprint density at radius 2 is 1.88 bits per heavy atom. The third kappa shape index (κ3) is 3.02. The van der Waals surface area contributed by atoms with Crippen molar-refractivity contribution in [1.29, 1.82) is 0 Å². The lowest BCUT2D eigenvalue weighted by molar-refractivity contribution is -0.138. The van der Waals surface area contributed by atoms with E-state index in [2.05, 4.69) is 15.9 Å². The lowest BCUT2D eigenvalue weighted by Crippen LogP contribution is -2.15. The van der Waals surface area contributed by atoms with Crippen molar-refractivity contribution in [2.75, 3.05) is 0 Å². The Labute approximate surface area is 105 Å². The van der Waals surface area contributed by atoms with E-state index < -0.39 is 23.5 Å². The summed E-state index contributed by atoms with van der Waals surface area (Å²) in [5.41, 5.74) is 4.20. The largest absolute Gasteiger partial charge is 0.506 e. The molecule has 0 aliphatic carbocycles. The van der Waals surface area contributed by atoms with Gasteiger partial charge in [0.05, 0.1) is 10.0 Å². The van der Waals surface area contributed by atoms with Crippen LogP contribution in [0.5, 0.6) is 5.75 Å². The first-order valence-electron chi connectivity index (χ1n) is 4.09. The number of nitrogens with two attached hydrogens (primary N) is 1. The molecular formula is C9H10BrClF3NO. The molecule has 0 unspecified atom stereocenters. The van der Waals surface area contributed by atoms with Crippen LogP contribution in [0, 0.1) is 0 Å². The van der Waals surface area contributed by atoms with Gasteiger partial charge in [-0.3, -0.25) is 0 Å². The van der Waals surface area contributed by atoms with E-state index in [1.165, 1.54) is 6.92 Å². The summed E-state index contributed by atoms with van der Waals surface area (Å²) in [5, 5.41) is 9.49. The fourth-order valence-electron chi connectivity index (χ4n) is 1.29. The molecule has 0 bridgehead atoms. The molecule has 3 N–H and O–H groups in total. The van der Waals surface area contributed by atoms with Gasteiger partial charge in [0, 0.05) is 11.6 Å². The minimum atomic E-state index is -4.51. The number of aromatic hydroxyl groups is 1. The molecule has 0 heterocycles. The van der Waals surface area contributed by atoms with Gasteiger partial charge in [-0.2, -0.15) is 13.2 Å². The van der Waals surface area contributed by atoms with E-state index in [1.54, 1.807) is 0 Å². The molecule has 0 aromatic heterocycles. The van der Waals surface area contributed by atoms with E-state index in [1.807, 2.05) is 0 Å². The molecule has 92 valence electrons. The Balaban J connectivity index is 0.00000225. The van der Waals surface area contributed by atoms with Crippen LogP contribution in [0.4, 0.5) is 13.2 Å². The van der Waals surface area contributed by atoms with E-state index in [-0.39, 0.29) is 22.4 Å². The molecule has 7 heteroatoms. The van der Waals surface area contributed by atoms with Gasteiger partial charge in [-0.15, -0.1) is 12.4 Å². The van der Waals surface area contributed by atoms with Crippen molar-refractivity contribution in [3.05, 3.63) is 27.7 Å². The van der Waals surface area contributed by atoms with Gasteiger partial charge in [0.1, 0.15) is 5.75 Å². The molecule has 1 aromatic rings. The first-order chi connectivity index (χ1) is 6.75. The standard InChI is InChI=1S/C9H9BrF3NO.ClH/c1-4(14)7-5(9(11,12)13)2-3-6(10)8(7)15;/h2-4,15H,14H2,1H3;1H/t4-;/m1./s1. The number of halogens is 5. The van der Waals surface area contributed by atoms with E-state index >= 15 is 0 Å². The lowest BCUT2D eigenvalue weighted by Gasteiger charge is -2.17. The number of benzene rings is 1. The average Bonchev–Trinajstić information content (AvgIpc) is 2.06. The predicted molar refractivity (Wildman–Crippen MR) is 60.7 cm³/mol. The molecule has 1 atom stereocenters. The van der Waals surface area contributed by atoms with Gasteiger partial charge < -0.3 is 10.8 Å². The van der Waals surface area contributed by atoms with Crippen LogP contribution in [0.25, 0.3) is 0 Å². The quantitative estimate of drug-likeness (QED) is 0.830. The molecule has 0 aliphatic heterocycles. The minimum absolute atomic E-state index is 0. The molecule has 0 radical (unpaired) electrons. The summed E-state index contributed by atoms with van der Waals surface area (Å²) < 4.78 is 37.8. The van der Waals surface area contributed by atoms with Crippen LogP contribution in [0.2, 0.25) is 0 Å². The van der Waals surface area contributed by atoms with Crippen molar-refractivity contribution in [2.45, 2.75) is 19.1 Å². The zero-order valence-electron chi connectivity index (χ0n) is 8.18. The maximum absolute atomic E-state index is 12.5. The van der Waals surface area contributed by atoms with Gasteiger partial charge in [-0.25, -0.2) is 0 Å². The highest BCUT2D eigenvalue weighted by Crippen LogP contribution is 2.41. The highest BCUT2D eigenvalue weighted by molar-refractivity contribution is 9.10. The molecule has 0 saturated heterocycles. The number of rotatable bonds is 1. The highest BCUT2D eigenvalue weighted by Gasteiger charge is 2.35. The van der Waals surface area contributed by atoms with Gasteiger partial charge in [-0.05, 0) is 35.0 Å². The summed E-state index contributed by atoms with van der Waals surface area (Å²) in [6, 6.07) is 1.14. The first-order valence-corrected chi connectivity index (χ1v) is 4.88. The Hall–Kier alpha value is -0.460. The predicted octanol–water partition coefficient (Wildman–Crippen LogP) is 3.62. The molecule has 1 rings (SSSR count). The van der Waals surface area contributed by atoms with Gasteiger partial charge >= 0.3 is 6.18 Å². The lowest BCUT2D eigenvalue weighted by atomic mass is 10.0. The molecule has 0 amide bonds. The van der Waals surface area contributed by atoms with Crippen LogP contribution >= 0.6 is 28.3 Å². The monoisotopic (exact) mass is 319 g/mol. The summed E-state index contributed by atoms with van der Waals surface area (Å²) in [5.74, 6) is -0.458. The summed E-state index contributed by atoms with van der Waals surface area (Å²) in [7, 11) is 0. The van der Waals surface area contributed by atoms with E-state index in [0.717, 1.165) is 12.1 Å². The molecule has 0 fully saturated rings. The van der Waals surface area contributed by atoms with Crippen molar-refractivity contribution in [3.63, 3.8) is 0 Å². The van der Waals surface area contributed by atoms with Crippen LogP contribution in [-0.2, 0) is 6.18 Å². The fraction of sp³-hybridized carbons (Fsp3) is 0.333.